The van der Waals surface area contributed by atoms with Crippen LogP contribution < -0.4 is 5.73 Å². The molecule has 0 unspecified atom stereocenters. The lowest BCUT2D eigenvalue weighted by molar-refractivity contribution is 0.197. The van der Waals surface area contributed by atoms with Crippen molar-refractivity contribution < 1.29 is 8.42 Å². The van der Waals surface area contributed by atoms with E-state index >= 15 is 0 Å². The van der Waals surface area contributed by atoms with Crippen LogP contribution in [0.1, 0.15) is 12.8 Å². The molecule has 1 aromatic heterocycles. The molecule has 0 spiro atoms. The first-order valence-corrected chi connectivity index (χ1v) is 7.92. The van der Waals surface area contributed by atoms with Gasteiger partial charge in [-0.2, -0.15) is 4.31 Å². The average molecular weight is 291 g/mol. The number of piperidine rings is 1. The molecule has 0 aromatic carbocycles. The average Bonchev–Trinajstić information content (AvgIpc) is 2.76. The molecule has 9 heteroatoms. The molecule has 1 aromatic rings. The summed E-state index contributed by atoms with van der Waals surface area (Å²) in [6.45, 7) is 1.81. The van der Waals surface area contributed by atoms with Crippen LogP contribution in [-0.4, -0.2) is 61.0 Å². The van der Waals surface area contributed by atoms with Crippen LogP contribution in [0.15, 0.2) is 4.34 Å². The summed E-state index contributed by atoms with van der Waals surface area (Å²) in [5.74, 6) is 0. The van der Waals surface area contributed by atoms with Crippen molar-refractivity contribution in [1.29, 1.82) is 0 Å². The number of anilines is 1. The van der Waals surface area contributed by atoms with Gasteiger partial charge in [-0.05, 0) is 33.0 Å². The number of nitrogen functional groups attached to an aromatic ring is 1. The Morgan fingerprint density at radius 1 is 1.39 bits per heavy atom. The highest BCUT2D eigenvalue weighted by Crippen LogP contribution is 2.24. The molecule has 2 rings (SSSR count). The van der Waals surface area contributed by atoms with E-state index < -0.39 is 10.0 Å². The first-order chi connectivity index (χ1) is 8.41. The molecular weight excluding hydrogens is 274 g/mol. The van der Waals surface area contributed by atoms with Crippen LogP contribution in [0.4, 0.5) is 5.13 Å². The van der Waals surface area contributed by atoms with Crippen molar-refractivity contribution in [3.63, 3.8) is 0 Å². The molecule has 1 fully saturated rings. The number of hydrogen-bond acceptors (Lipinski definition) is 7. The number of likely N-dealkylation sites (tertiary alicyclic amines) is 1. The Morgan fingerprint density at radius 3 is 2.50 bits per heavy atom. The standard InChI is InChI=1S/C9H17N5O2S2/c1-13-5-3-7(4-6-13)14(2)18(15,16)9-12-11-8(10)17-9/h7H,3-6H2,1-2H3,(H2,10,11). The molecule has 2 heterocycles. The van der Waals surface area contributed by atoms with Gasteiger partial charge in [0.15, 0.2) is 0 Å². The summed E-state index contributed by atoms with van der Waals surface area (Å²) < 4.78 is 26.0. The second kappa shape index (κ2) is 5.08. The van der Waals surface area contributed by atoms with Gasteiger partial charge in [0.1, 0.15) is 0 Å². The van der Waals surface area contributed by atoms with Crippen LogP contribution in [0.2, 0.25) is 0 Å². The number of sulfonamides is 1. The quantitative estimate of drug-likeness (QED) is 0.831. The lowest BCUT2D eigenvalue weighted by atomic mass is 10.1. The van der Waals surface area contributed by atoms with Crippen molar-refractivity contribution in [1.82, 2.24) is 19.4 Å². The van der Waals surface area contributed by atoms with Crippen LogP contribution >= 0.6 is 11.3 Å². The maximum absolute atomic E-state index is 12.3. The minimum Gasteiger partial charge on any atom is -0.374 e. The number of aromatic nitrogens is 2. The Labute approximate surface area is 111 Å². The summed E-state index contributed by atoms with van der Waals surface area (Å²) in [6, 6.07) is 0.0244. The van der Waals surface area contributed by atoms with Gasteiger partial charge in [0.05, 0.1) is 0 Å². The smallest absolute Gasteiger partial charge is 0.272 e. The monoisotopic (exact) mass is 291 g/mol. The van der Waals surface area contributed by atoms with Gasteiger partial charge in [0.25, 0.3) is 10.0 Å². The molecular formula is C9H17N5O2S2. The molecule has 18 heavy (non-hydrogen) atoms. The van der Waals surface area contributed by atoms with Gasteiger partial charge in [-0.1, -0.05) is 11.3 Å². The fourth-order valence-electron chi connectivity index (χ4n) is 2.00. The lowest BCUT2D eigenvalue weighted by Crippen LogP contribution is -2.44. The molecule has 1 aliphatic heterocycles. The maximum atomic E-state index is 12.3. The van der Waals surface area contributed by atoms with Crippen molar-refractivity contribution in [2.24, 2.45) is 0 Å². The summed E-state index contributed by atoms with van der Waals surface area (Å²) in [5.41, 5.74) is 5.43. The van der Waals surface area contributed by atoms with E-state index in [0.29, 0.717) is 0 Å². The van der Waals surface area contributed by atoms with Gasteiger partial charge in [-0.3, -0.25) is 0 Å². The first kappa shape index (κ1) is 13.7. The van der Waals surface area contributed by atoms with Crippen molar-refractivity contribution >= 4 is 26.5 Å². The zero-order valence-electron chi connectivity index (χ0n) is 10.4. The van der Waals surface area contributed by atoms with Crippen molar-refractivity contribution in [3.8, 4) is 0 Å². The van der Waals surface area contributed by atoms with Gasteiger partial charge in [0.2, 0.25) is 9.47 Å². The summed E-state index contributed by atoms with van der Waals surface area (Å²) in [4.78, 5) is 2.19. The normalized spacial score (nSPS) is 19.5. The number of rotatable bonds is 3. The van der Waals surface area contributed by atoms with E-state index in [4.69, 9.17) is 5.73 Å². The van der Waals surface area contributed by atoms with Gasteiger partial charge >= 0.3 is 0 Å². The third kappa shape index (κ3) is 2.63. The van der Waals surface area contributed by atoms with E-state index in [9.17, 15) is 8.42 Å². The zero-order chi connectivity index (χ0) is 13.3. The highest BCUT2D eigenvalue weighted by atomic mass is 32.2. The third-order valence-corrected chi connectivity index (χ3v) is 6.23. The Kier molecular flexibility index (Phi) is 3.85. The molecule has 0 radical (unpaired) electrons. The molecule has 0 bridgehead atoms. The zero-order valence-corrected chi connectivity index (χ0v) is 12.0. The fraction of sp³-hybridized carbons (Fsp3) is 0.778. The van der Waals surface area contributed by atoms with Gasteiger partial charge < -0.3 is 10.6 Å². The van der Waals surface area contributed by atoms with Crippen LogP contribution in [0, 0.1) is 0 Å². The maximum Gasteiger partial charge on any atom is 0.272 e. The predicted octanol–water partition coefficient (Wildman–Crippen LogP) is -0.165. The topological polar surface area (TPSA) is 92.4 Å². The molecule has 7 nitrogen and oxygen atoms in total. The summed E-state index contributed by atoms with van der Waals surface area (Å²) >= 11 is 0.903. The minimum atomic E-state index is -3.56. The Bertz CT molecular complexity index is 507. The fourth-order valence-corrected chi connectivity index (χ4v) is 4.37. The van der Waals surface area contributed by atoms with Crippen LogP contribution in [0.25, 0.3) is 0 Å². The van der Waals surface area contributed by atoms with E-state index in [-0.39, 0.29) is 15.5 Å². The van der Waals surface area contributed by atoms with Crippen molar-refractivity contribution in [2.75, 3.05) is 32.9 Å². The Morgan fingerprint density at radius 2 is 2.00 bits per heavy atom. The van der Waals surface area contributed by atoms with Crippen LogP contribution in [0.3, 0.4) is 0 Å². The Balaban J connectivity index is 2.15. The molecule has 0 saturated carbocycles. The number of nitrogens with two attached hydrogens (primary N) is 1. The second-order valence-electron chi connectivity index (χ2n) is 4.46. The third-order valence-electron chi connectivity index (χ3n) is 3.22. The molecule has 1 saturated heterocycles. The van der Waals surface area contributed by atoms with E-state index in [1.807, 2.05) is 7.05 Å². The van der Waals surface area contributed by atoms with E-state index in [1.165, 1.54) is 4.31 Å². The molecule has 2 N–H and O–H groups in total. The van der Waals surface area contributed by atoms with E-state index in [0.717, 1.165) is 37.3 Å². The Hall–Kier alpha value is -0.770. The van der Waals surface area contributed by atoms with Gasteiger partial charge in [-0.25, -0.2) is 8.42 Å². The minimum absolute atomic E-state index is 0.0244. The van der Waals surface area contributed by atoms with Gasteiger partial charge in [0, 0.05) is 13.1 Å². The summed E-state index contributed by atoms with van der Waals surface area (Å²) in [6.07, 6.45) is 1.67. The SMILES string of the molecule is CN1CCC(N(C)S(=O)(=O)c2nnc(N)s2)CC1. The predicted molar refractivity (Wildman–Crippen MR) is 69.8 cm³/mol. The molecule has 0 aliphatic carbocycles. The lowest BCUT2D eigenvalue weighted by Gasteiger charge is -2.33. The van der Waals surface area contributed by atoms with Crippen molar-refractivity contribution in [3.05, 3.63) is 0 Å². The highest BCUT2D eigenvalue weighted by Gasteiger charge is 2.32. The number of hydrogen-bond donors (Lipinski definition) is 1. The molecule has 1 aliphatic rings. The molecule has 0 atom stereocenters. The van der Waals surface area contributed by atoms with E-state index in [2.05, 4.69) is 15.1 Å². The van der Waals surface area contributed by atoms with Gasteiger partial charge in [-0.15, -0.1) is 10.2 Å². The van der Waals surface area contributed by atoms with Crippen LogP contribution in [-0.2, 0) is 10.0 Å². The van der Waals surface area contributed by atoms with E-state index in [1.54, 1.807) is 7.05 Å². The molecule has 102 valence electrons. The highest BCUT2D eigenvalue weighted by molar-refractivity contribution is 7.91. The number of nitrogens with zero attached hydrogens (tertiary/aromatic N) is 4. The van der Waals surface area contributed by atoms with Crippen LogP contribution in [0.5, 0.6) is 0 Å². The largest absolute Gasteiger partial charge is 0.374 e. The second-order valence-corrected chi connectivity index (χ2v) is 7.64. The van der Waals surface area contributed by atoms with Crippen molar-refractivity contribution in [2.45, 2.75) is 23.2 Å². The molecule has 0 amide bonds. The summed E-state index contributed by atoms with van der Waals surface area (Å²) in [7, 11) is 0.0824. The summed E-state index contributed by atoms with van der Waals surface area (Å²) in [5, 5.41) is 7.35. The first-order valence-electron chi connectivity index (χ1n) is 5.67.